The first-order chi connectivity index (χ1) is 11.8. The predicted molar refractivity (Wildman–Crippen MR) is 86.2 cm³/mol. The predicted octanol–water partition coefficient (Wildman–Crippen LogP) is 1.94. The van der Waals surface area contributed by atoms with Crippen LogP contribution in [0.2, 0.25) is 0 Å². The minimum absolute atomic E-state index is 0.0645. The van der Waals surface area contributed by atoms with Crippen LogP contribution in [0.1, 0.15) is 0 Å². The number of quaternary nitrogens is 1. The monoisotopic (exact) mass is 364 g/mol. The molecular weight excluding hydrogens is 352 g/mol. The third kappa shape index (κ3) is 3.35. The van der Waals surface area contributed by atoms with Gasteiger partial charge in [-0.1, -0.05) is 12.1 Å². The number of rotatable bonds is 4. The van der Waals surface area contributed by atoms with Crippen molar-refractivity contribution in [1.29, 1.82) is 0 Å². The summed E-state index contributed by atoms with van der Waals surface area (Å²) in [7, 11) is -4.43. The summed E-state index contributed by atoms with van der Waals surface area (Å²) in [6, 6.07) is 9.52. The van der Waals surface area contributed by atoms with Crippen molar-refractivity contribution in [2.24, 2.45) is 10.2 Å². The van der Waals surface area contributed by atoms with Crippen molar-refractivity contribution in [3.05, 3.63) is 47.7 Å². The van der Waals surface area contributed by atoms with Gasteiger partial charge in [0, 0.05) is 11.5 Å². The summed E-state index contributed by atoms with van der Waals surface area (Å²) in [6.45, 7) is 0. The molecule has 0 bridgehead atoms. The van der Waals surface area contributed by atoms with Crippen molar-refractivity contribution < 1.29 is 28.5 Å². The smallest absolute Gasteiger partial charge is 0.294 e. The minimum Gasteiger partial charge on any atom is -0.595 e. The molecule has 1 atom stereocenters. The molecule has 1 unspecified atom stereocenters. The van der Waals surface area contributed by atoms with Gasteiger partial charge in [0.15, 0.2) is 11.4 Å². The third-order valence-electron chi connectivity index (χ3n) is 3.41. The summed E-state index contributed by atoms with van der Waals surface area (Å²) in [5.74, 6) is -0.376. The zero-order chi connectivity index (χ0) is 18.2. The summed E-state index contributed by atoms with van der Waals surface area (Å²) in [5, 5.41) is 36.9. The fraction of sp³-hybridized carbons (Fsp3) is 0. The number of fused-ring (bicyclic) bond motifs is 1. The summed E-state index contributed by atoms with van der Waals surface area (Å²) < 4.78 is 31.6. The Balaban J connectivity index is 2.12. The van der Waals surface area contributed by atoms with Gasteiger partial charge in [0.05, 0.1) is 10.4 Å². The standard InChI is InChI=1S/C14H12N4O6S/c19-14-13(17-16-11-3-1-2-4-12(11)18(20)21)9-7-8(25(22,23)24)5-6-10(9)15-14/h1-7,15,18-20H,(H,22,23,24). The molecule has 0 fully saturated rings. The molecule has 1 heterocycles. The quantitative estimate of drug-likeness (QED) is 0.270. The van der Waals surface area contributed by atoms with Crippen LogP contribution in [0.4, 0.5) is 17.1 Å². The van der Waals surface area contributed by atoms with E-state index in [2.05, 4.69) is 15.2 Å². The van der Waals surface area contributed by atoms with Crippen LogP contribution < -0.4 is 5.23 Å². The maximum absolute atomic E-state index is 11.3. The number of aromatic nitrogens is 1. The van der Waals surface area contributed by atoms with E-state index in [9.17, 15) is 18.7 Å². The lowest BCUT2D eigenvalue weighted by Gasteiger charge is -2.12. The fourth-order valence-electron chi connectivity index (χ4n) is 2.25. The molecule has 11 heteroatoms. The van der Waals surface area contributed by atoms with Crippen LogP contribution in [0.15, 0.2) is 57.6 Å². The first-order valence-corrected chi connectivity index (χ1v) is 8.27. The van der Waals surface area contributed by atoms with Gasteiger partial charge in [-0.05, 0) is 24.3 Å². The molecule has 10 nitrogen and oxygen atoms in total. The number of azo groups is 1. The maximum Gasteiger partial charge on any atom is 0.294 e. The first kappa shape index (κ1) is 17.0. The average molecular weight is 364 g/mol. The van der Waals surface area contributed by atoms with E-state index in [0.29, 0.717) is 5.52 Å². The second-order valence-corrected chi connectivity index (χ2v) is 6.45. The van der Waals surface area contributed by atoms with Crippen LogP contribution in [0.25, 0.3) is 10.9 Å². The highest BCUT2D eigenvalue weighted by Crippen LogP contribution is 2.37. The Morgan fingerprint density at radius 2 is 1.84 bits per heavy atom. The molecule has 2 aromatic carbocycles. The molecule has 5 N–H and O–H groups in total. The molecule has 130 valence electrons. The number of aromatic amines is 1. The first-order valence-electron chi connectivity index (χ1n) is 6.83. The molecule has 0 radical (unpaired) electrons. The molecule has 0 saturated carbocycles. The van der Waals surface area contributed by atoms with Crippen LogP contribution in [0, 0.1) is 5.21 Å². The zero-order valence-electron chi connectivity index (χ0n) is 12.4. The van der Waals surface area contributed by atoms with Gasteiger partial charge in [-0.3, -0.25) is 4.55 Å². The highest BCUT2D eigenvalue weighted by atomic mass is 32.2. The normalized spacial score (nSPS) is 13.6. The van der Waals surface area contributed by atoms with Gasteiger partial charge < -0.3 is 15.3 Å². The van der Waals surface area contributed by atoms with Crippen molar-refractivity contribution in [3.63, 3.8) is 0 Å². The molecule has 3 aromatic rings. The minimum atomic E-state index is -4.43. The number of H-pyrrole nitrogens is 1. The topological polar surface area (TPSA) is 163 Å². The van der Waals surface area contributed by atoms with Gasteiger partial charge in [-0.25, -0.2) is 5.21 Å². The van der Waals surface area contributed by atoms with E-state index >= 15 is 0 Å². The van der Waals surface area contributed by atoms with Crippen molar-refractivity contribution >= 4 is 38.1 Å². The SMILES string of the molecule is O=S(=O)(O)c1ccc2[nH]c(O)c(N=Nc3ccccc3[NH+]([O-])O)c2c1. The lowest BCUT2D eigenvalue weighted by atomic mass is 10.2. The summed E-state index contributed by atoms with van der Waals surface area (Å²) in [6.07, 6.45) is 0. The molecule has 1 aromatic heterocycles. The van der Waals surface area contributed by atoms with E-state index in [1.165, 1.54) is 24.3 Å². The van der Waals surface area contributed by atoms with E-state index in [0.717, 1.165) is 12.1 Å². The van der Waals surface area contributed by atoms with Gasteiger partial charge in [0.25, 0.3) is 10.1 Å². The second-order valence-electron chi connectivity index (χ2n) is 5.03. The van der Waals surface area contributed by atoms with Crippen molar-refractivity contribution in [1.82, 2.24) is 4.98 Å². The van der Waals surface area contributed by atoms with Gasteiger partial charge in [0.1, 0.15) is 5.69 Å². The number of hydrogen-bond acceptors (Lipinski definition) is 7. The summed E-state index contributed by atoms with van der Waals surface area (Å²) in [4.78, 5) is 2.21. The van der Waals surface area contributed by atoms with Crippen molar-refractivity contribution in [2.75, 3.05) is 0 Å². The van der Waals surface area contributed by atoms with Gasteiger partial charge in [-0.2, -0.15) is 13.6 Å². The van der Waals surface area contributed by atoms with Gasteiger partial charge >= 0.3 is 0 Å². The highest BCUT2D eigenvalue weighted by Gasteiger charge is 2.16. The molecule has 0 spiro atoms. The number of nitrogens with zero attached hydrogens (tertiary/aromatic N) is 2. The fourth-order valence-corrected chi connectivity index (χ4v) is 2.76. The number of benzene rings is 2. The zero-order valence-corrected chi connectivity index (χ0v) is 13.2. The Hall–Kier alpha value is -2.83. The average Bonchev–Trinajstić information content (AvgIpc) is 2.86. The van der Waals surface area contributed by atoms with E-state index in [1.54, 1.807) is 6.07 Å². The largest absolute Gasteiger partial charge is 0.595 e. The van der Waals surface area contributed by atoms with Crippen LogP contribution in [0.5, 0.6) is 5.88 Å². The Labute approximate surface area is 141 Å². The second kappa shape index (κ2) is 6.23. The van der Waals surface area contributed by atoms with Crippen LogP contribution in [0.3, 0.4) is 0 Å². The lowest BCUT2D eigenvalue weighted by Crippen LogP contribution is -2.99. The highest BCUT2D eigenvalue weighted by molar-refractivity contribution is 7.85. The summed E-state index contributed by atoms with van der Waals surface area (Å²) >= 11 is 0. The molecule has 0 saturated heterocycles. The van der Waals surface area contributed by atoms with Crippen LogP contribution in [-0.4, -0.2) is 28.3 Å². The molecule has 0 aliphatic carbocycles. The van der Waals surface area contributed by atoms with Crippen LogP contribution >= 0.6 is 0 Å². The number of nitrogens with one attached hydrogen (secondary N) is 2. The molecule has 0 aliphatic heterocycles. The molecule has 0 amide bonds. The maximum atomic E-state index is 11.3. The van der Waals surface area contributed by atoms with Crippen molar-refractivity contribution in [3.8, 4) is 5.88 Å². The van der Waals surface area contributed by atoms with Crippen molar-refractivity contribution in [2.45, 2.75) is 4.90 Å². The van der Waals surface area contributed by atoms with E-state index in [-0.39, 0.29) is 33.2 Å². The molecule has 25 heavy (non-hydrogen) atoms. The molecular formula is C14H12N4O6S. The number of hydrogen-bond donors (Lipinski definition) is 5. The number of para-hydroxylation sites is 1. The van der Waals surface area contributed by atoms with E-state index in [1.807, 2.05) is 0 Å². The lowest BCUT2D eigenvalue weighted by molar-refractivity contribution is -0.990. The Bertz CT molecular complexity index is 1070. The van der Waals surface area contributed by atoms with E-state index < -0.39 is 15.3 Å². The Kier molecular flexibility index (Phi) is 4.24. The Morgan fingerprint density at radius 3 is 2.52 bits per heavy atom. The molecule has 3 rings (SSSR count). The number of aromatic hydroxyl groups is 1. The Morgan fingerprint density at radius 1 is 1.12 bits per heavy atom. The molecule has 0 aliphatic rings. The van der Waals surface area contributed by atoms with Gasteiger partial charge in [-0.15, -0.1) is 10.2 Å². The van der Waals surface area contributed by atoms with E-state index in [4.69, 9.17) is 9.76 Å². The van der Waals surface area contributed by atoms with Gasteiger partial charge in [0.2, 0.25) is 5.88 Å². The third-order valence-corrected chi connectivity index (χ3v) is 4.26. The summed E-state index contributed by atoms with van der Waals surface area (Å²) in [5.41, 5.74) is 0.268. The van der Waals surface area contributed by atoms with Crippen LogP contribution in [-0.2, 0) is 10.1 Å².